The summed E-state index contributed by atoms with van der Waals surface area (Å²) in [7, 11) is 0. The molecule has 3 rings (SSSR count). The topological polar surface area (TPSA) is 41.6 Å². The predicted octanol–water partition coefficient (Wildman–Crippen LogP) is 4.52. The number of hydrogen-bond acceptors (Lipinski definition) is 4. The number of anilines is 1. The zero-order chi connectivity index (χ0) is 19.1. The van der Waals surface area contributed by atoms with Crippen LogP contribution in [0.1, 0.15) is 29.8 Å². The quantitative estimate of drug-likeness (QED) is 0.762. The van der Waals surface area contributed by atoms with E-state index in [4.69, 9.17) is 4.74 Å². The summed E-state index contributed by atoms with van der Waals surface area (Å²) < 4.78 is 5.72. The average Bonchev–Trinajstić information content (AvgIpc) is 2.68. The maximum absolute atomic E-state index is 12.6. The lowest BCUT2D eigenvalue weighted by molar-refractivity contribution is 0.102. The summed E-state index contributed by atoms with van der Waals surface area (Å²) in [5, 5.41) is 3.01. The second-order valence-corrected chi connectivity index (χ2v) is 8.50. The minimum absolute atomic E-state index is 0.114. The number of nitrogens with zero attached hydrogens (tertiary/aromatic N) is 1. The molecule has 1 amide bonds. The third kappa shape index (κ3) is 6.29. The standard InChI is InChI=1S/C22H28N2O2S/c1-17(2)16-26-21-8-4-6-19(14-21)22(25)23-20-7-3-5-18(13-20)15-24-9-11-27-12-10-24/h3-8,13-14,17H,9-12,15-16H2,1-2H3,(H,23,25). The van der Waals surface area contributed by atoms with Crippen molar-refractivity contribution in [3.63, 3.8) is 0 Å². The first kappa shape index (κ1) is 19.8. The number of rotatable bonds is 7. The van der Waals surface area contributed by atoms with E-state index in [9.17, 15) is 4.79 Å². The molecule has 0 radical (unpaired) electrons. The molecular weight excluding hydrogens is 356 g/mol. The Hall–Kier alpha value is -1.98. The van der Waals surface area contributed by atoms with Crippen LogP contribution >= 0.6 is 11.8 Å². The number of carbonyl (C=O) groups excluding carboxylic acids is 1. The van der Waals surface area contributed by atoms with Gasteiger partial charge in [-0.1, -0.05) is 32.0 Å². The van der Waals surface area contributed by atoms with E-state index in [1.54, 1.807) is 6.07 Å². The second-order valence-electron chi connectivity index (χ2n) is 7.28. The Labute approximate surface area is 166 Å². The van der Waals surface area contributed by atoms with Crippen LogP contribution in [0.5, 0.6) is 5.75 Å². The molecule has 4 nitrogen and oxygen atoms in total. The predicted molar refractivity (Wildman–Crippen MR) is 114 cm³/mol. The van der Waals surface area contributed by atoms with E-state index in [2.05, 4.69) is 36.2 Å². The van der Waals surface area contributed by atoms with Crippen molar-refractivity contribution in [1.82, 2.24) is 4.90 Å². The molecule has 1 aliphatic rings. The van der Waals surface area contributed by atoms with Crippen molar-refractivity contribution in [1.29, 1.82) is 0 Å². The van der Waals surface area contributed by atoms with Crippen molar-refractivity contribution in [3.05, 3.63) is 59.7 Å². The van der Waals surface area contributed by atoms with Gasteiger partial charge in [-0.25, -0.2) is 0 Å². The smallest absolute Gasteiger partial charge is 0.255 e. The zero-order valence-corrected chi connectivity index (χ0v) is 16.9. The first-order chi connectivity index (χ1) is 13.1. The van der Waals surface area contributed by atoms with Crippen LogP contribution in [0.25, 0.3) is 0 Å². The van der Waals surface area contributed by atoms with E-state index in [1.165, 1.54) is 17.1 Å². The first-order valence-corrected chi connectivity index (χ1v) is 10.7. The molecule has 0 unspecified atom stereocenters. The Bertz CT molecular complexity index is 757. The molecule has 27 heavy (non-hydrogen) atoms. The summed E-state index contributed by atoms with van der Waals surface area (Å²) in [6, 6.07) is 15.5. The number of carbonyl (C=O) groups is 1. The molecule has 144 valence electrons. The molecule has 1 fully saturated rings. The number of thioether (sulfide) groups is 1. The van der Waals surface area contributed by atoms with Gasteiger partial charge in [0.15, 0.2) is 0 Å². The summed E-state index contributed by atoms with van der Waals surface area (Å²) in [6.07, 6.45) is 0. The summed E-state index contributed by atoms with van der Waals surface area (Å²) in [5.41, 5.74) is 2.67. The molecule has 0 aromatic heterocycles. The maximum Gasteiger partial charge on any atom is 0.255 e. The minimum atomic E-state index is -0.114. The molecule has 1 heterocycles. The molecule has 1 N–H and O–H groups in total. The van der Waals surface area contributed by atoms with Crippen LogP contribution in [-0.4, -0.2) is 42.0 Å². The van der Waals surface area contributed by atoms with Crippen molar-refractivity contribution in [2.24, 2.45) is 5.92 Å². The summed E-state index contributed by atoms with van der Waals surface area (Å²) >= 11 is 2.02. The van der Waals surface area contributed by atoms with Gasteiger partial charge in [0.2, 0.25) is 0 Å². The number of amides is 1. The Morgan fingerprint density at radius 1 is 1.15 bits per heavy atom. The number of nitrogens with one attached hydrogen (secondary N) is 1. The number of hydrogen-bond donors (Lipinski definition) is 1. The van der Waals surface area contributed by atoms with Gasteiger partial charge in [0.1, 0.15) is 5.75 Å². The fraction of sp³-hybridized carbons (Fsp3) is 0.409. The largest absolute Gasteiger partial charge is 0.493 e. The van der Waals surface area contributed by atoms with E-state index in [-0.39, 0.29) is 5.91 Å². The van der Waals surface area contributed by atoms with Gasteiger partial charge in [-0.2, -0.15) is 11.8 Å². The molecule has 1 aliphatic heterocycles. The van der Waals surface area contributed by atoms with Crippen molar-refractivity contribution in [2.75, 3.05) is 36.5 Å². The SMILES string of the molecule is CC(C)COc1cccc(C(=O)Nc2cccc(CN3CCSCC3)c2)c1. The molecule has 0 saturated carbocycles. The molecule has 0 atom stereocenters. The second kappa shape index (κ2) is 9.81. The van der Waals surface area contributed by atoms with Gasteiger partial charge in [-0.05, 0) is 41.8 Å². The van der Waals surface area contributed by atoms with Gasteiger partial charge in [-0.3, -0.25) is 9.69 Å². The van der Waals surface area contributed by atoms with E-state index in [0.29, 0.717) is 18.1 Å². The highest BCUT2D eigenvalue weighted by atomic mass is 32.2. The van der Waals surface area contributed by atoms with E-state index < -0.39 is 0 Å². The van der Waals surface area contributed by atoms with Crippen molar-refractivity contribution in [2.45, 2.75) is 20.4 Å². The minimum Gasteiger partial charge on any atom is -0.493 e. The molecule has 2 aromatic rings. The van der Waals surface area contributed by atoms with Crippen LogP contribution in [0.3, 0.4) is 0 Å². The summed E-state index contributed by atoms with van der Waals surface area (Å²) in [4.78, 5) is 15.1. The van der Waals surface area contributed by atoms with Crippen LogP contribution in [0.4, 0.5) is 5.69 Å². The van der Waals surface area contributed by atoms with Crippen LogP contribution in [0, 0.1) is 5.92 Å². The third-order valence-corrected chi connectivity index (χ3v) is 5.32. The molecule has 5 heteroatoms. The van der Waals surface area contributed by atoms with Crippen LogP contribution in [-0.2, 0) is 6.54 Å². The highest BCUT2D eigenvalue weighted by molar-refractivity contribution is 7.99. The Kier molecular flexibility index (Phi) is 7.18. The monoisotopic (exact) mass is 384 g/mol. The van der Waals surface area contributed by atoms with Crippen LogP contribution in [0.15, 0.2) is 48.5 Å². The van der Waals surface area contributed by atoms with Crippen molar-refractivity contribution < 1.29 is 9.53 Å². The summed E-state index contributed by atoms with van der Waals surface area (Å²) in [5.74, 6) is 3.46. The molecule has 0 aliphatic carbocycles. The van der Waals surface area contributed by atoms with E-state index in [1.807, 2.05) is 42.1 Å². The molecular formula is C22H28N2O2S. The average molecular weight is 385 g/mol. The van der Waals surface area contributed by atoms with Gasteiger partial charge in [0.05, 0.1) is 6.61 Å². The zero-order valence-electron chi connectivity index (χ0n) is 16.1. The lowest BCUT2D eigenvalue weighted by Crippen LogP contribution is -2.31. The molecule has 2 aromatic carbocycles. The molecule has 1 saturated heterocycles. The lowest BCUT2D eigenvalue weighted by atomic mass is 10.1. The van der Waals surface area contributed by atoms with Crippen LogP contribution in [0.2, 0.25) is 0 Å². The van der Waals surface area contributed by atoms with Crippen molar-refractivity contribution in [3.8, 4) is 5.75 Å². The Morgan fingerprint density at radius 2 is 1.93 bits per heavy atom. The Morgan fingerprint density at radius 3 is 2.70 bits per heavy atom. The Balaban J connectivity index is 1.62. The van der Waals surface area contributed by atoms with E-state index >= 15 is 0 Å². The number of benzene rings is 2. The van der Waals surface area contributed by atoms with Gasteiger partial charge in [-0.15, -0.1) is 0 Å². The van der Waals surface area contributed by atoms with Gasteiger partial charge in [0, 0.05) is 42.4 Å². The fourth-order valence-corrected chi connectivity index (χ4v) is 3.94. The normalized spacial score (nSPS) is 14.9. The highest BCUT2D eigenvalue weighted by Gasteiger charge is 2.12. The van der Waals surface area contributed by atoms with Gasteiger partial charge < -0.3 is 10.1 Å². The summed E-state index contributed by atoms with van der Waals surface area (Å²) in [6.45, 7) is 8.04. The molecule has 0 spiro atoms. The van der Waals surface area contributed by atoms with Crippen molar-refractivity contribution >= 4 is 23.4 Å². The van der Waals surface area contributed by atoms with Crippen LogP contribution < -0.4 is 10.1 Å². The maximum atomic E-state index is 12.6. The highest BCUT2D eigenvalue weighted by Crippen LogP contribution is 2.18. The van der Waals surface area contributed by atoms with Gasteiger partial charge in [0.25, 0.3) is 5.91 Å². The van der Waals surface area contributed by atoms with Gasteiger partial charge >= 0.3 is 0 Å². The lowest BCUT2D eigenvalue weighted by Gasteiger charge is -2.26. The number of ether oxygens (including phenoxy) is 1. The van der Waals surface area contributed by atoms with E-state index in [0.717, 1.165) is 31.1 Å². The third-order valence-electron chi connectivity index (χ3n) is 4.37. The fourth-order valence-electron chi connectivity index (χ4n) is 2.96. The first-order valence-electron chi connectivity index (χ1n) is 9.53. The molecule has 0 bridgehead atoms.